The molecule has 13 nitrogen and oxygen atoms in total. The van der Waals surface area contributed by atoms with Crippen molar-refractivity contribution >= 4 is 115 Å². The first-order valence-corrected chi connectivity index (χ1v) is 42.7. The van der Waals surface area contributed by atoms with Gasteiger partial charge >= 0.3 is 0 Å². The zero-order valence-electron chi connectivity index (χ0n) is 70.9. The number of rotatable bonds is 11. The van der Waals surface area contributed by atoms with Gasteiger partial charge in [0.15, 0.2) is 57.8 Å². The number of pyridine rings is 3. The van der Waals surface area contributed by atoms with Crippen LogP contribution in [0, 0.1) is 77.6 Å². The molecule has 0 N–H and O–H groups in total. The second-order valence-corrected chi connectivity index (χ2v) is 31.7. The van der Waals surface area contributed by atoms with E-state index in [1.165, 1.54) is 18.2 Å². The minimum Gasteiger partial charge on any atom is -0.248 e. The quantitative estimate of drug-likeness (QED) is 0.0402. The van der Waals surface area contributed by atoms with E-state index in [0.29, 0.717) is 144 Å². The fraction of sp³-hybridized carbons (Fsp3) is 0. The van der Waals surface area contributed by atoms with Gasteiger partial charge in [0.05, 0.1) is 138 Å². The molecule has 0 unspecified atom stereocenters. The number of halogens is 8. The number of nitriles is 1. The van der Waals surface area contributed by atoms with E-state index >= 15 is 8.78 Å². The van der Waals surface area contributed by atoms with Crippen LogP contribution < -0.4 is 0 Å². The Kier molecular flexibility index (Phi) is 21.8. The van der Waals surface area contributed by atoms with Crippen molar-refractivity contribution in [2.75, 3.05) is 0 Å². The molecule has 0 aliphatic rings. The molecule has 21 heteroatoms. The van der Waals surface area contributed by atoms with Crippen molar-refractivity contribution in [2.24, 2.45) is 0 Å². The van der Waals surface area contributed by atoms with E-state index in [2.05, 4.69) is 20.6 Å². The van der Waals surface area contributed by atoms with Crippen LogP contribution in [-0.4, -0.2) is 44.9 Å². The summed E-state index contributed by atoms with van der Waals surface area (Å²) in [5.74, 6) is -14.5. The average Bonchev–Trinajstić information content (AvgIpc) is 0.724. The number of hydrogen-bond donors (Lipinski definition) is 0. The summed E-state index contributed by atoms with van der Waals surface area (Å²) >= 11 is 0. The summed E-state index contributed by atoms with van der Waals surface area (Å²) in [5, 5.41) is 15.7. The lowest BCUT2D eigenvalue weighted by Crippen LogP contribution is -2.05. The van der Waals surface area contributed by atoms with Gasteiger partial charge in [-0.3, -0.25) is 0 Å². The minimum absolute atomic E-state index is 0.0582. The lowest BCUT2D eigenvalue weighted by molar-refractivity contribution is 0.381. The second-order valence-electron chi connectivity index (χ2n) is 31.7. The molecule has 0 spiro atoms. The van der Waals surface area contributed by atoms with Gasteiger partial charge in [-0.2, -0.15) is 5.26 Å². The summed E-state index contributed by atoms with van der Waals surface area (Å²) < 4.78 is 116. The van der Waals surface area contributed by atoms with Gasteiger partial charge in [0.2, 0.25) is 5.82 Å². The Balaban J connectivity index is 0.000000123. The lowest BCUT2D eigenvalue weighted by atomic mass is 9.91. The van der Waals surface area contributed by atoms with E-state index in [1.54, 1.807) is 66.7 Å². The van der Waals surface area contributed by atoms with Gasteiger partial charge in [0.1, 0.15) is 0 Å². The molecule has 0 amide bonds. The molecule has 23 rings (SSSR count). The standard InChI is InChI=1S/C40H19F5N4.C40H21F3N4.C35H19N5/c1-46-27-20-28-40(49-38(22-14-6-3-7-15-22)37(48-28)21-12-4-2-5-13-21)29-25-18-10-11-19-26(25)47-39(31(27)29)24-17-9-8-16-23(24)30-32(41)34(43)36(45)35(44)33(30)42;1-44-32-22-33-40(47-38(24-14-6-3-7-15-24)37(46-33)23-12-4-2-5-13-23)34-28-18-10-11-19-31(28)45-39(35(32)34)27-17-9-8-16-26(27)25-20-29(41)36(43)30(42)21-25;1-37-28-20-29-35(40-33(23-14-6-3-7-15-23)32(39-29)22-12-4-2-5-13-22)30-26-18-10-11-19-27(26)38-34(31(28)30)25-17-9-8-16-24(25)21-36/h2-20H;2-22H;2-20H. The normalized spacial score (nSPS) is 11.2. The molecule has 17 aromatic carbocycles. The monoisotopic (exact) mass is 1770 g/mol. The molecule has 0 radical (unpaired) electrons. The maximum Gasteiger partial charge on any atom is 0.200 e. The van der Waals surface area contributed by atoms with E-state index in [4.69, 9.17) is 64.6 Å². The van der Waals surface area contributed by atoms with Crippen LogP contribution in [0.3, 0.4) is 0 Å². The van der Waals surface area contributed by atoms with E-state index < -0.39 is 52.1 Å². The van der Waals surface area contributed by atoms with Crippen molar-refractivity contribution in [1.82, 2.24) is 44.9 Å². The van der Waals surface area contributed by atoms with Gasteiger partial charge in [0.25, 0.3) is 0 Å². The molecular weight excluding hydrogens is 1720 g/mol. The van der Waals surface area contributed by atoms with Crippen molar-refractivity contribution in [3.63, 3.8) is 0 Å². The molecular formula is C115H59F8N13. The van der Waals surface area contributed by atoms with Gasteiger partial charge in [0, 0.05) is 98.5 Å². The summed E-state index contributed by atoms with van der Waals surface area (Å²) in [6.07, 6.45) is 0. The summed E-state index contributed by atoms with van der Waals surface area (Å²) in [7, 11) is 0. The fourth-order valence-corrected chi connectivity index (χ4v) is 17.7. The number of fused-ring (bicyclic) bond motifs is 15. The molecule has 0 aliphatic heterocycles. The van der Waals surface area contributed by atoms with E-state index in [0.717, 1.165) is 78.6 Å². The zero-order chi connectivity index (χ0) is 92.9. The predicted octanol–water partition coefficient (Wildman–Crippen LogP) is 31.0. The van der Waals surface area contributed by atoms with Gasteiger partial charge < -0.3 is 0 Å². The SMILES string of the molecule is [C-]#[N+]c1cc2nc(-c3ccccc3)c(-c3ccccc3)nc2c2c1c(-c1ccccc1-c1c(F)c(F)c(F)c(F)c1F)nc1ccccc12.[C-]#[N+]c1cc2nc(-c3ccccc3)c(-c3ccccc3)nc2c2c1c(-c1ccccc1-c1cc(F)c(F)c(F)c1)nc1ccccc12.[C-]#[N+]c1cc2nc(-c3ccccc3)c(-c3ccccc3)nc2c2c1c(-c1ccccc1C#N)nc1ccccc12. The molecule has 0 aliphatic carbocycles. The Labute approximate surface area is 769 Å². The first-order valence-electron chi connectivity index (χ1n) is 42.7. The van der Waals surface area contributed by atoms with Crippen LogP contribution in [0.15, 0.2) is 358 Å². The molecule has 0 atom stereocenters. The molecule has 136 heavy (non-hydrogen) atoms. The van der Waals surface area contributed by atoms with Crippen LogP contribution in [0.5, 0.6) is 0 Å². The maximum absolute atomic E-state index is 15.3. The van der Waals surface area contributed by atoms with Gasteiger partial charge in [-0.05, 0) is 71.3 Å². The first kappa shape index (κ1) is 84.0. The molecule has 640 valence electrons. The molecule has 0 saturated carbocycles. The minimum atomic E-state index is -2.25. The third-order valence-corrected chi connectivity index (χ3v) is 23.8. The van der Waals surface area contributed by atoms with E-state index in [1.807, 2.05) is 261 Å². The number of benzene rings is 17. The van der Waals surface area contributed by atoms with Gasteiger partial charge in [-0.15, -0.1) is 0 Å². The van der Waals surface area contributed by atoms with Crippen LogP contribution >= 0.6 is 0 Å². The van der Waals surface area contributed by atoms with Crippen LogP contribution in [-0.2, 0) is 0 Å². The molecule has 0 saturated heterocycles. The average molecular weight is 1770 g/mol. The zero-order valence-corrected chi connectivity index (χ0v) is 70.9. The number of nitrogens with zero attached hydrogens (tertiary/aromatic N) is 13. The summed E-state index contributed by atoms with van der Waals surface area (Å²) in [6, 6.07) is 111. The number of para-hydroxylation sites is 3. The largest absolute Gasteiger partial charge is 0.248 e. The highest BCUT2D eigenvalue weighted by molar-refractivity contribution is 6.29. The van der Waals surface area contributed by atoms with E-state index in [-0.39, 0.29) is 28.1 Å². The summed E-state index contributed by atoms with van der Waals surface area (Å²) in [4.78, 5) is 57.7. The lowest BCUT2D eigenvalue weighted by Gasteiger charge is -2.18. The highest BCUT2D eigenvalue weighted by Crippen LogP contribution is 2.51. The summed E-state index contributed by atoms with van der Waals surface area (Å²) in [5.41, 5.74) is 17.4. The Bertz CT molecular complexity index is 9020. The van der Waals surface area contributed by atoms with Crippen LogP contribution in [0.25, 0.3) is 236 Å². The van der Waals surface area contributed by atoms with Crippen LogP contribution in [0.2, 0.25) is 0 Å². The molecule has 0 bridgehead atoms. The maximum atomic E-state index is 15.3. The molecule has 0 fully saturated rings. The first-order chi connectivity index (χ1) is 66.6. The molecule has 6 heterocycles. The van der Waals surface area contributed by atoms with Gasteiger partial charge in [-0.25, -0.2) is 94.5 Å². The predicted molar refractivity (Wildman–Crippen MR) is 520 cm³/mol. The van der Waals surface area contributed by atoms with Crippen molar-refractivity contribution in [3.05, 3.63) is 444 Å². The van der Waals surface area contributed by atoms with Crippen molar-refractivity contribution < 1.29 is 35.1 Å². The van der Waals surface area contributed by atoms with Crippen molar-refractivity contribution in [1.29, 1.82) is 5.26 Å². The van der Waals surface area contributed by atoms with Crippen molar-refractivity contribution in [3.8, 4) is 130 Å². The summed E-state index contributed by atoms with van der Waals surface area (Å²) in [6.45, 7) is 24.6. The van der Waals surface area contributed by atoms with Crippen LogP contribution in [0.4, 0.5) is 52.2 Å². The third kappa shape index (κ3) is 14.7. The third-order valence-electron chi connectivity index (χ3n) is 23.8. The highest BCUT2D eigenvalue weighted by Gasteiger charge is 2.32. The number of aromatic nitrogens is 9. The highest BCUT2D eigenvalue weighted by atomic mass is 19.2. The Morgan fingerprint density at radius 2 is 0.463 bits per heavy atom. The Morgan fingerprint density at radius 1 is 0.213 bits per heavy atom. The fourth-order valence-electron chi connectivity index (χ4n) is 17.7. The van der Waals surface area contributed by atoms with E-state index in [9.17, 15) is 31.6 Å². The van der Waals surface area contributed by atoms with Crippen molar-refractivity contribution in [2.45, 2.75) is 0 Å². The molecule has 23 aromatic rings. The Morgan fingerprint density at radius 3 is 0.787 bits per heavy atom. The smallest absolute Gasteiger partial charge is 0.200 e. The van der Waals surface area contributed by atoms with Crippen LogP contribution in [0.1, 0.15) is 5.56 Å². The van der Waals surface area contributed by atoms with Gasteiger partial charge in [-0.1, -0.05) is 303 Å². The topological polar surface area (TPSA) is 153 Å². The second kappa shape index (κ2) is 35.2. The Hall–Kier alpha value is -18.8. The molecule has 6 aromatic heterocycles. The number of hydrogen-bond acceptors (Lipinski definition) is 10.